The van der Waals surface area contributed by atoms with Crippen molar-refractivity contribution in [2.45, 2.75) is 19.3 Å². The van der Waals surface area contributed by atoms with Crippen LogP contribution in [0.5, 0.6) is 5.75 Å². The van der Waals surface area contributed by atoms with Gasteiger partial charge in [-0.05, 0) is 31.1 Å². The van der Waals surface area contributed by atoms with Crippen LogP contribution in [0.2, 0.25) is 10.0 Å². The fourth-order valence-corrected chi connectivity index (χ4v) is 2.06. The fourth-order valence-electron chi connectivity index (χ4n) is 1.50. The first-order chi connectivity index (χ1) is 9.54. The molecule has 0 aliphatic carbocycles. The molecule has 0 radical (unpaired) electrons. The largest absolute Gasteiger partial charge is 0.491 e. The molecule has 0 saturated carbocycles. The molecule has 1 N–H and O–H groups in total. The van der Waals surface area contributed by atoms with E-state index in [9.17, 15) is 4.79 Å². The normalized spacial score (nSPS) is 10.4. The van der Waals surface area contributed by atoms with Gasteiger partial charge in [-0.3, -0.25) is 0 Å². The first-order valence-electron chi connectivity index (χ1n) is 5.94. The van der Waals surface area contributed by atoms with E-state index in [-0.39, 0.29) is 0 Å². The van der Waals surface area contributed by atoms with Gasteiger partial charge in [0, 0.05) is 23.1 Å². The van der Waals surface area contributed by atoms with Crippen molar-refractivity contribution >= 4 is 35.2 Å². The molecule has 20 heavy (non-hydrogen) atoms. The Morgan fingerprint density at radius 2 is 2.15 bits per heavy atom. The SMILES string of the molecule is N#CCCCCOc1c(Cl)cc(Cl)cc1C=CC(=O)O. The highest BCUT2D eigenvalue weighted by Gasteiger charge is 2.09. The number of unbranched alkanes of at least 4 members (excludes halogenated alkanes) is 2. The molecule has 0 aliphatic heterocycles. The Morgan fingerprint density at radius 1 is 1.40 bits per heavy atom. The maximum atomic E-state index is 10.6. The van der Waals surface area contributed by atoms with Gasteiger partial charge in [-0.25, -0.2) is 4.79 Å². The quantitative estimate of drug-likeness (QED) is 0.606. The van der Waals surface area contributed by atoms with E-state index in [1.165, 1.54) is 12.1 Å². The van der Waals surface area contributed by atoms with Crippen molar-refractivity contribution in [3.63, 3.8) is 0 Å². The molecule has 4 nitrogen and oxygen atoms in total. The number of carbonyl (C=O) groups is 1. The molecule has 1 aromatic rings. The minimum atomic E-state index is -1.07. The molecule has 0 bridgehead atoms. The van der Waals surface area contributed by atoms with Gasteiger partial charge in [0.15, 0.2) is 0 Å². The highest BCUT2D eigenvalue weighted by Crippen LogP contribution is 2.33. The molecule has 1 rings (SSSR count). The monoisotopic (exact) mass is 313 g/mol. The lowest BCUT2D eigenvalue weighted by Gasteiger charge is -2.11. The van der Waals surface area contributed by atoms with E-state index in [1.807, 2.05) is 0 Å². The smallest absolute Gasteiger partial charge is 0.328 e. The van der Waals surface area contributed by atoms with Gasteiger partial charge in [0.1, 0.15) is 5.75 Å². The second kappa shape index (κ2) is 8.47. The van der Waals surface area contributed by atoms with Crippen molar-refractivity contribution < 1.29 is 14.6 Å². The second-order valence-corrected chi connectivity index (χ2v) is 4.78. The van der Waals surface area contributed by atoms with E-state index in [0.29, 0.717) is 40.8 Å². The Kier molecular flexibility index (Phi) is 6.92. The van der Waals surface area contributed by atoms with E-state index < -0.39 is 5.97 Å². The van der Waals surface area contributed by atoms with E-state index in [1.54, 1.807) is 6.07 Å². The predicted molar refractivity (Wildman–Crippen MR) is 78.1 cm³/mol. The maximum absolute atomic E-state index is 10.6. The topological polar surface area (TPSA) is 70.3 Å². The summed E-state index contributed by atoms with van der Waals surface area (Å²) in [7, 11) is 0. The average Bonchev–Trinajstić information content (AvgIpc) is 2.38. The summed E-state index contributed by atoms with van der Waals surface area (Å²) in [5.74, 6) is -0.674. The predicted octanol–water partition coefficient (Wildman–Crippen LogP) is 4.16. The highest BCUT2D eigenvalue weighted by atomic mass is 35.5. The Labute approximate surface area is 127 Å². The molecular formula is C14H13Cl2NO3. The number of carboxylic acids is 1. The van der Waals surface area contributed by atoms with E-state index in [4.69, 9.17) is 38.3 Å². The third-order valence-corrected chi connectivity index (χ3v) is 2.87. The Hall–Kier alpha value is -1.70. The number of hydrogen-bond acceptors (Lipinski definition) is 3. The molecule has 0 saturated heterocycles. The number of nitriles is 1. The number of aliphatic carboxylic acids is 1. The van der Waals surface area contributed by atoms with Crippen LogP contribution in [0.15, 0.2) is 18.2 Å². The molecule has 1 aromatic carbocycles. The fraction of sp³-hybridized carbons (Fsp3) is 0.286. The van der Waals surface area contributed by atoms with Crippen LogP contribution >= 0.6 is 23.2 Å². The third-order valence-electron chi connectivity index (χ3n) is 2.37. The van der Waals surface area contributed by atoms with Crippen molar-refractivity contribution in [1.29, 1.82) is 5.26 Å². The first-order valence-corrected chi connectivity index (χ1v) is 6.70. The number of halogens is 2. The Bertz CT molecular complexity index is 550. The zero-order valence-electron chi connectivity index (χ0n) is 10.6. The number of ether oxygens (including phenoxy) is 1. The standard InChI is InChI=1S/C14H13Cl2NO3/c15-11-8-10(4-5-13(18)19)14(12(16)9-11)20-7-3-1-2-6-17/h4-5,8-9H,1-3,7H2,(H,18,19). The van der Waals surface area contributed by atoms with E-state index >= 15 is 0 Å². The summed E-state index contributed by atoms with van der Waals surface area (Å²) in [6.07, 6.45) is 4.30. The van der Waals surface area contributed by atoms with Gasteiger partial charge >= 0.3 is 5.97 Å². The number of hydrogen-bond donors (Lipinski definition) is 1. The molecule has 0 heterocycles. The molecule has 0 atom stereocenters. The summed E-state index contributed by atoms with van der Waals surface area (Å²) in [4.78, 5) is 10.6. The van der Waals surface area contributed by atoms with Crippen LogP contribution in [0, 0.1) is 11.3 Å². The average molecular weight is 314 g/mol. The van der Waals surface area contributed by atoms with Gasteiger partial charge in [-0.1, -0.05) is 23.2 Å². The van der Waals surface area contributed by atoms with Crippen LogP contribution in [-0.2, 0) is 4.79 Å². The minimum absolute atomic E-state index is 0.322. The van der Waals surface area contributed by atoms with Crippen molar-refractivity contribution in [1.82, 2.24) is 0 Å². The maximum Gasteiger partial charge on any atom is 0.328 e. The van der Waals surface area contributed by atoms with Gasteiger partial charge in [0.05, 0.1) is 17.7 Å². The van der Waals surface area contributed by atoms with Gasteiger partial charge in [-0.15, -0.1) is 0 Å². The summed E-state index contributed by atoms with van der Waals surface area (Å²) in [6, 6.07) is 5.17. The molecular weight excluding hydrogens is 301 g/mol. The number of benzene rings is 1. The number of carboxylic acid groups (broad SMARTS) is 1. The van der Waals surface area contributed by atoms with Crippen LogP contribution in [0.25, 0.3) is 6.08 Å². The summed E-state index contributed by atoms with van der Waals surface area (Å²) >= 11 is 11.9. The zero-order valence-corrected chi connectivity index (χ0v) is 12.1. The second-order valence-electron chi connectivity index (χ2n) is 3.94. The summed E-state index contributed by atoms with van der Waals surface area (Å²) in [6.45, 7) is 0.400. The van der Waals surface area contributed by atoms with E-state index in [0.717, 1.165) is 12.5 Å². The van der Waals surface area contributed by atoms with Crippen molar-refractivity contribution in [2.24, 2.45) is 0 Å². The molecule has 6 heteroatoms. The lowest BCUT2D eigenvalue weighted by atomic mass is 10.2. The van der Waals surface area contributed by atoms with Crippen LogP contribution in [0.3, 0.4) is 0 Å². The zero-order chi connectivity index (χ0) is 15.0. The molecule has 0 aromatic heterocycles. The lowest BCUT2D eigenvalue weighted by molar-refractivity contribution is -0.131. The molecule has 0 spiro atoms. The highest BCUT2D eigenvalue weighted by molar-refractivity contribution is 6.35. The van der Waals surface area contributed by atoms with Gasteiger partial charge in [0.25, 0.3) is 0 Å². The van der Waals surface area contributed by atoms with Crippen molar-refractivity contribution in [3.05, 3.63) is 33.8 Å². The van der Waals surface area contributed by atoms with E-state index in [2.05, 4.69) is 6.07 Å². The van der Waals surface area contributed by atoms with Crippen LogP contribution < -0.4 is 4.74 Å². The van der Waals surface area contributed by atoms with Gasteiger partial charge < -0.3 is 9.84 Å². The van der Waals surface area contributed by atoms with Crippen LogP contribution in [0.4, 0.5) is 0 Å². The first kappa shape index (κ1) is 16.4. The molecule has 0 fully saturated rings. The minimum Gasteiger partial charge on any atom is -0.491 e. The Morgan fingerprint density at radius 3 is 2.80 bits per heavy atom. The third kappa shape index (κ3) is 5.52. The molecule has 0 aliphatic rings. The number of rotatable bonds is 7. The van der Waals surface area contributed by atoms with Crippen LogP contribution in [0.1, 0.15) is 24.8 Å². The number of nitrogens with zero attached hydrogens (tertiary/aromatic N) is 1. The lowest BCUT2D eigenvalue weighted by Crippen LogP contribution is -2.00. The molecule has 0 amide bonds. The van der Waals surface area contributed by atoms with Gasteiger partial charge in [-0.2, -0.15) is 5.26 Å². The van der Waals surface area contributed by atoms with Crippen molar-refractivity contribution in [3.8, 4) is 11.8 Å². The molecule has 0 unspecified atom stereocenters. The molecule has 106 valence electrons. The summed E-state index contributed by atoms with van der Waals surface area (Å²) < 4.78 is 5.56. The summed E-state index contributed by atoms with van der Waals surface area (Å²) in [5.41, 5.74) is 0.505. The summed E-state index contributed by atoms with van der Waals surface area (Å²) in [5, 5.41) is 17.8. The van der Waals surface area contributed by atoms with Crippen molar-refractivity contribution in [2.75, 3.05) is 6.61 Å². The Balaban J connectivity index is 2.82. The van der Waals surface area contributed by atoms with Gasteiger partial charge in [0.2, 0.25) is 0 Å². The van der Waals surface area contributed by atoms with Crippen LogP contribution in [-0.4, -0.2) is 17.7 Å².